The Balaban J connectivity index is 1.82. The van der Waals surface area contributed by atoms with Crippen molar-refractivity contribution < 1.29 is 9.47 Å². The van der Waals surface area contributed by atoms with Gasteiger partial charge in [-0.05, 0) is 54.1 Å². The summed E-state index contributed by atoms with van der Waals surface area (Å²) in [6.07, 6.45) is 0. The minimum absolute atomic E-state index is 0.390. The van der Waals surface area contributed by atoms with Crippen LogP contribution in [0.25, 0.3) is 0 Å². The Labute approximate surface area is 177 Å². The molecule has 0 aromatic heterocycles. The largest absolute Gasteiger partial charge is 0.493 e. The monoisotopic (exact) mass is 465 g/mol. The van der Waals surface area contributed by atoms with Crippen LogP contribution in [0.5, 0.6) is 11.5 Å². The molecule has 0 saturated carbocycles. The van der Waals surface area contributed by atoms with E-state index in [2.05, 4.69) is 21.2 Å². The maximum Gasteiger partial charge on any atom is 0.167 e. The first-order valence-corrected chi connectivity index (χ1v) is 9.84. The van der Waals surface area contributed by atoms with Gasteiger partial charge in [-0.2, -0.15) is 0 Å². The number of anilines is 1. The van der Waals surface area contributed by atoms with E-state index in [1.807, 2.05) is 60.7 Å². The Morgan fingerprint density at radius 2 is 1.74 bits per heavy atom. The standard InChI is InChI=1S/C21H18BrCl2NO2/c1-26-20-10-9-19(22)18(12-25-17-7-5-15(23)6-8-17)21(20)27-13-14-3-2-4-16(24)11-14/h2-11,25H,12-13H2,1H3. The highest BCUT2D eigenvalue weighted by Crippen LogP contribution is 2.37. The molecule has 0 heterocycles. The zero-order valence-electron chi connectivity index (χ0n) is 14.6. The molecule has 0 fully saturated rings. The van der Waals surface area contributed by atoms with E-state index in [0.717, 1.165) is 21.3 Å². The number of rotatable bonds is 7. The molecule has 140 valence electrons. The van der Waals surface area contributed by atoms with Gasteiger partial charge in [-0.15, -0.1) is 0 Å². The molecule has 0 atom stereocenters. The van der Waals surface area contributed by atoms with Crippen LogP contribution in [-0.4, -0.2) is 7.11 Å². The Bertz CT molecular complexity index is 917. The lowest BCUT2D eigenvalue weighted by atomic mass is 10.1. The molecular formula is C21H18BrCl2NO2. The third kappa shape index (κ3) is 5.32. The SMILES string of the molecule is COc1ccc(Br)c(CNc2ccc(Cl)cc2)c1OCc1cccc(Cl)c1. The topological polar surface area (TPSA) is 30.5 Å². The average molecular weight is 467 g/mol. The summed E-state index contributed by atoms with van der Waals surface area (Å²) in [5.41, 5.74) is 2.92. The van der Waals surface area contributed by atoms with Gasteiger partial charge in [-0.1, -0.05) is 51.3 Å². The van der Waals surface area contributed by atoms with Crippen molar-refractivity contribution >= 4 is 44.8 Å². The first-order chi connectivity index (χ1) is 13.1. The smallest absolute Gasteiger partial charge is 0.167 e. The molecule has 3 aromatic carbocycles. The molecule has 0 aliphatic rings. The second-order valence-electron chi connectivity index (χ2n) is 5.84. The van der Waals surface area contributed by atoms with E-state index in [0.29, 0.717) is 34.7 Å². The second kappa shape index (κ2) is 9.36. The molecule has 3 nitrogen and oxygen atoms in total. The summed E-state index contributed by atoms with van der Waals surface area (Å²) in [6, 6.07) is 19.0. The van der Waals surface area contributed by atoms with E-state index in [1.54, 1.807) is 7.11 Å². The van der Waals surface area contributed by atoms with Gasteiger partial charge in [0.1, 0.15) is 6.61 Å². The van der Waals surface area contributed by atoms with Gasteiger partial charge in [0.25, 0.3) is 0 Å². The van der Waals surface area contributed by atoms with Crippen LogP contribution in [0, 0.1) is 0 Å². The van der Waals surface area contributed by atoms with Gasteiger partial charge >= 0.3 is 0 Å². The van der Waals surface area contributed by atoms with E-state index in [1.165, 1.54) is 0 Å². The number of halogens is 3. The van der Waals surface area contributed by atoms with Crippen LogP contribution in [0.4, 0.5) is 5.69 Å². The molecule has 0 amide bonds. The summed E-state index contributed by atoms with van der Waals surface area (Å²) in [4.78, 5) is 0. The molecule has 0 radical (unpaired) electrons. The average Bonchev–Trinajstić information content (AvgIpc) is 2.67. The van der Waals surface area contributed by atoms with E-state index >= 15 is 0 Å². The quantitative estimate of drug-likeness (QED) is 0.408. The summed E-state index contributed by atoms with van der Waals surface area (Å²) in [5.74, 6) is 1.36. The molecular weight excluding hydrogens is 449 g/mol. The fourth-order valence-corrected chi connectivity index (χ4v) is 3.40. The van der Waals surface area contributed by atoms with Crippen LogP contribution in [0.15, 0.2) is 65.1 Å². The number of nitrogens with one attached hydrogen (secondary N) is 1. The van der Waals surface area contributed by atoms with Crippen LogP contribution in [0.2, 0.25) is 10.0 Å². The number of ether oxygens (including phenoxy) is 2. The molecule has 0 saturated heterocycles. The van der Waals surface area contributed by atoms with E-state index in [-0.39, 0.29) is 0 Å². The number of benzene rings is 3. The zero-order valence-corrected chi connectivity index (χ0v) is 17.7. The van der Waals surface area contributed by atoms with Gasteiger partial charge in [-0.3, -0.25) is 0 Å². The Hall–Kier alpha value is -1.88. The van der Waals surface area contributed by atoms with Gasteiger partial charge in [0.2, 0.25) is 0 Å². The minimum atomic E-state index is 0.390. The molecule has 27 heavy (non-hydrogen) atoms. The molecule has 1 N–H and O–H groups in total. The lowest BCUT2D eigenvalue weighted by Crippen LogP contribution is -2.06. The maximum atomic E-state index is 6.11. The van der Waals surface area contributed by atoms with Crippen molar-refractivity contribution in [3.8, 4) is 11.5 Å². The highest BCUT2D eigenvalue weighted by Gasteiger charge is 2.15. The molecule has 3 aromatic rings. The van der Waals surface area contributed by atoms with Crippen molar-refractivity contribution in [2.75, 3.05) is 12.4 Å². The number of methoxy groups -OCH3 is 1. The molecule has 0 aliphatic heterocycles. The highest BCUT2D eigenvalue weighted by atomic mass is 79.9. The van der Waals surface area contributed by atoms with Crippen molar-refractivity contribution in [2.45, 2.75) is 13.2 Å². The Kier molecular flexibility index (Phi) is 6.89. The normalized spacial score (nSPS) is 10.5. The first kappa shape index (κ1) is 19.9. The van der Waals surface area contributed by atoms with Crippen LogP contribution in [0.3, 0.4) is 0 Å². The summed E-state index contributed by atoms with van der Waals surface area (Å²) in [5, 5.41) is 4.77. The highest BCUT2D eigenvalue weighted by molar-refractivity contribution is 9.10. The van der Waals surface area contributed by atoms with Gasteiger partial charge in [0, 0.05) is 32.3 Å². The van der Waals surface area contributed by atoms with E-state index in [4.69, 9.17) is 32.7 Å². The third-order valence-electron chi connectivity index (χ3n) is 3.97. The van der Waals surface area contributed by atoms with Crippen LogP contribution in [-0.2, 0) is 13.2 Å². The van der Waals surface area contributed by atoms with Crippen LogP contribution >= 0.6 is 39.1 Å². The molecule has 6 heteroatoms. The van der Waals surface area contributed by atoms with Crippen molar-refractivity contribution in [1.82, 2.24) is 0 Å². The summed E-state index contributed by atoms with van der Waals surface area (Å²) in [6.45, 7) is 0.950. The van der Waals surface area contributed by atoms with Gasteiger partial charge < -0.3 is 14.8 Å². The van der Waals surface area contributed by atoms with Gasteiger partial charge in [0.05, 0.1) is 7.11 Å². The second-order valence-corrected chi connectivity index (χ2v) is 7.56. The molecule has 0 unspecified atom stereocenters. The molecule has 3 rings (SSSR count). The molecule has 0 bridgehead atoms. The predicted octanol–water partition coefficient (Wildman–Crippen LogP) is 6.96. The Morgan fingerprint density at radius 1 is 0.963 bits per heavy atom. The minimum Gasteiger partial charge on any atom is -0.493 e. The van der Waals surface area contributed by atoms with Gasteiger partial charge in [0.15, 0.2) is 11.5 Å². The first-order valence-electron chi connectivity index (χ1n) is 8.29. The van der Waals surface area contributed by atoms with E-state index in [9.17, 15) is 0 Å². The van der Waals surface area contributed by atoms with Crippen molar-refractivity contribution in [1.29, 1.82) is 0 Å². The van der Waals surface area contributed by atoms with Crippen molar-refractivity contribution in [3.63, 3.8) is 0 Å². The maximum absolute atomic E-state index is 6.11. The summed E-state index contributed by atoms with van der Waals surface area (Å²) < 4.78 is 12.6. The lowest BCUT2D eigenvalue weighted by Gasteiger charge is -2.18. The van der Waals surface area contributed by atoms with Crippen molar-refractivity contribution in [3.05, 3.63) is 86.3 Å². The number of hydrogen-bond acceptors (Lipinski definition) is 3. The number of hydrogen-bond donors (Lipinski definition) is 1. The lowest BCUT2D eigenvalue weighted by molar-refractivity contribution is 0.281. The predicted molar refractivity (Wildman–Crippen MR) is 115 cm³/mol. The summed E-state index contributed by atoms with van der Waals surface area (Å²) in [7, 11) is 1.63. The fraction of sp³-hybridized carbons (Fsp3) is 0.143. The van der Waals surface area contributed by atoms with Crippen LogP contribution < -0.4 is 14.8 Å². The summed E-state index contributed by atoms with van der Waals surface area (Å²) >= 11 is 15.6. The fourth-order valence-electron chi connectivity index (χ4n) is 2.61. The molecule has 0 spiro atoms. The third-order valence-corrected chi connectivity index (χ3v) is 5.20. The van der Waals surface area contributed by atoms with E-state index < -0.39 is 0 Å². The van der Waals surface area contributed by atoms with Gasteiger partial charge in [-0.25, -0.2) is 0 Å². The Morgan fingerprint density at radius 3 is 2.44 bits per heavy atom. The van der Waals surface area contributed by atoms with Crippen molar-refractivity contribution in [2.24, 2.45) is 0 Å². The van der Waals surface area contributed by atoms with Crippen LogP contribution in [0.1, 0.15) is 11.1 Å². The zero-order chi connectivity index (χ0) is 19.2. The molecule has 0 aliphatic carbocycles.